The lowest BCUT2D eigenvalue weighted by Crippen LogP contribution is -2.25. The lowest BCUT2D eigenvalue weighted by Gasteiger charge is -2.25. The number of alkyl halides is 6. The first kappa shape index (κ1) is 23.5. The molecule has 1 saturated carbocycles. The molecular formula is C22H22F7NO. The number of ether oxygens (including phenoxy) is 1. The maximum atomic E-state index is 13.3. The van der Waals surface area contributed by atoms with Crippen molar-refractivity contribution in [1.82, 2.24) is 0 Å². The molecule has 0 saturated heterocycles. The smallest absolute Gasteiger partial charge is 0.377 e. The largest absolute Gasteiger partial charge is 0.416 e. The highest BCUT2D eigenvalue weighted by Gasteiger charge is 2.38. The second-order valence-electron chi connectivity index (χ2n) is 7.72. The highest BCUT2D eigenvalue weighted by molar-refractivity contribution is 5.34. The summed E-state index contributed by atoms with van der Waals surface area (Å²) in [5, 5.41) is 0. The van der Waals surface area contributed by atoms with Crippen LogP contribution in [0.25, 0.3) is 0 Å². The van der Waals surface area contributed by atoms with Crippen molar-refractivity contribution >= 4 is 0 Å². The third kappa shape index (κ3) is 5.77. The van der Waals surface area contributed by atoms with E-state index in [1.54, 1.807) is 12.1 Å². The average Bonchev–Trinajstić information content (AvgIpc) is 3.10. The minimum Gasteiger partial charge on any atom is -0.377 e. The zero-order chi connectivity index (χ0) is 22.8. The molecule has 3 unspecified atom stereocenters. The summed E-state index contributed by atoms with van der Waals surface area (Å²) < 4.78 is 97.2. The summed E-state index contributed by atoms with van der Waals surface area (Å²) in [6, 6.07) is 7.50. The molecule has 0 heterocycles. The van der Waals surface area contributed by atoms with Gasteiger partial charge in [0.05, 0.1) is 23.8 Å². The van der Waals surface area contributed by atoms with Gasteiger partial charge in [-0.2, -0.15) is 26.3 Å². The molecule has 0 bridgehead atoms. The molecule has 2 aromatic carbocycles. The maximum Gasteiger partial charge on any atom is 0.416 e. The molecule has 0 amide bonds. The van der Waals surface area contributed by atoms with Crippen LogP contribution in [0.2, 0.25) is 0 Å². The van der Waals surface area contributed by atoms with E-state index in [1.165, 1.54) is 12.1 Å². The number of halogens is 7. The number of hydrogen-bond acceptors (Lipinski definition) is 2. The van der Waals surface area contributed by atoms with Gasteiger partial charge < -0.3 is 10.5 Å². The molecule has 2 aromatic rings. The van der Waals surface area contributed by atoms with Gasteiger partial charge >= 0.3 is 12.4 Å². The Labute approximate surface area is 175 Å². The summed E-state index contributed by atoms with van der Waals surface area (Å²) in [6.45, 7) is 0.350. The van der Waals surface area contributed by atoms with Gasteiger partial charge in [-0.3, -0.25) is 0 Å². The van der Waals surface area contributed by atoms with Crippen molar-refractivity contribution in [3.05, 3.63) is 70.5 Å². The molecule has 0 aliphatic heterocycles. The fourth-order valence-corrected chi connectivity index (χ4v) is 4.16. The molecule has 31 heavy (non-hydrogen) atoms. The maximum absolute atomic E-state index is 13.3. The van der Waals surface area contributed by atoms with Crippen LogP contribution < -0.4 is 5.73 Å². The van der Waals surface area contributed by atoms with E-state index in [0.717, 1.165) is 12.0 Å². The molecule has 3 rings (SSSR count). The third-order valence-corrected chi connectivity index (χ3v) is 5.66. The van der Waals surface area contributed by atoms with Gasteiger partial charge in [0.15, 0.2) is 0 Å². The Bertz CT molecular complexity index is 845. The molecule has 1 aliphatic rings. The Morgan fingerprint density at radius 1 is 0.871 bits per heavy atom. The van der Waals surface area contributed by atoms with Gasteiger partial charge in [0.2, 0.25) is 0 Å². The summed E-state index contributed by atoms with van der Waals surface area (Å²) in [6.07, 6.45) is -8.75. The number of nitrogens with two attached hydrogens (primary N) is 1. The summed E-state index contributed by atoms with van der Waals surface area (Å²) in [4.78, 5) is 0. The average molecular weight is 449 g/mol. The topological polar surface area (TPSA) is 35.2 Å². The first-order valence-corrected chi connectivity index (χ1v) is 9.84. The number of rotatable bonds is 6. The molecule has 3 atom stereocenters. The Kier molecular flexibility index (Phi) is 6.95. The molecule has 0 spiro atoms. The summed E-state index contributed by atoms with van der Waals surface area (Å²) in [7, 11) is 0. The van der Waals surface area contributed by atoms with Crippen LogP contribution in [0.4, 0.5) is 30.7 Å². The van der Waals surface area contributed by atoms with Crippen LogP contribution in [0.5, 0.6) is 0 Å². The van der Waals surface area contributed by atoms with Gasteiger partial charge in [-0.25, -0.2) is 4.39 Å². The molecule has 0 aromatic heterocycles. The molecular weight excluding hydrogens is 427 g/mol. The van der Waals surface area contributed by atoms with Gasteiger partial charge in [0, 0.05) is 5.92 Å². The van der Waals surface area contributed by atoms with Crippen molar-refractivity contribution in [2.24, 2.45) is 11.7 Å². The summed E-state index contributed by atoms with van der Waals surface area (Å²) in [5.74, 6) is -0.396. The van der Waals surface area contributed by atoms with Crippen LogP contribution in [0, 0.1) is 11.7 Å². The predicted molar refractivity (Wildman–Crippen MR) is 101 cm³/mol. The SMILES string of the molecule is NCC1CCC(OCCc2cc(C(F)(F)F)cc(C(F)(F)F)c2)C1c1ccc(F)cc1. The highest BCUT2D eigenvalue weighted by atomic mass is 19.4. The molecule has 2 nitrogen and oxygen atoms in total. The lowest BCUT2D eigenvalue weighted by molar-refractivity contribution is -0.143. The van der Waals surface area contributed by atoms with E-state index < -0.39 is 23.5 Å². The van der Waals surface area contributed by atoms with Crippen molar-refractivity contribution in [3.63, 3.8) is 0 Å². The summed E-state index contributed by atoms with van der Waals surface area (Å²) >= 11 is 0. The van der Waals surface area contributed by atoms with E-state index in [9.17, 15) is 30.7 Å². The van der Waals surface area contributed by atoms with Crippen LogP contribution in [0.3, 0.4) is 0 Å². The van der Waals surface area contributed by atoms with Crippen molar-refractivity contribution < 1.29 is 35.5 Å². The van der Waals surface area contributed by atoms with Gasteiger partial charge in [-0.05, 0) is 73.2 Å². The van der Waals surface area contributed by atoms with Crippen molar-refractivity contribution in [2.75, 3.05) is 13.2 Å². The van der Waals surface area contributed by atoms with E-state index >= 15 is 0 Å². The van der Waals surface area contributed by atoms with Gasteiger partial charge in [0.25, 0.3) is 0 Å². The van der Waals surface area contributed by atoms with E-state index in [4.69, 9.17) is 10.5 Å². The third-order valence-electron chi connectivity index (χ3n) is 5.66. The standard InChI is InChI=1S/C22H22F7NO/c23-18-4-1-14(2-5-18)20-15(12-30)3-6-19(20)31-8-7-13-9-16(21(24,25)26)11-17(10-13)22(27,28)29/h1-2,4-5,9-11,15,19-20H,3,6-8,12,30H2. The Hall–Kier alpha value is -2.13. The Morgan fingerprint density at radius 3 is 1.97 bits per heavy atom. The van der Waals surface area contributed by atoms with Crippen LogP contribution in [0.15, 0.2) is 42.5 Å². The number of benzene rings is 2. The van der Waals surface area contributed by atoms with Gasteiger partial charge in [-0.15, -0.1) is 0 Å². The normalized spacial score (nSPS) is 22.1. The first-order valence-electron chi connectivity index (χ1n) is 9.84. The van der Waals surface area contributed by atoms with E-state index in [0.29, 0.717) is 25.1 Å². The van der Waals surface area contributed by atoms with Crippen LogP contribution in [-0.4, -0.2) is 19.3 Å². The lowest BCUT2D eigenvalue weighted by atomic mass is 9.87. The quantitative estimate of drug-likeness (QED) is 0.554. The van der Waals surface area contributed by atoms with E-state index in [2.05, 4.69) is 0 Å². The Balaban J connectivity index is 1.73. The zero-order valence-electron chi connectivity index (χ0n) is 16.4. The minimum absolute atomic E-state index is 0.0434. The molecule has 0 radical (unpaired) electrons. The van der Waals surface area contributed by atoms with Crippen LogP contribution >= 0.6 is 0 Å². The minimum atomic E-state index is -4.88. The van der Waals surface area contributed by atoms with E-state index in [-0.39, 0.29) is 48.4 Å². The molecule has 2 N–H and O–H groups in total. The molecule has 1 fully saturated rings. The van der Waals surface area contributed by atoms with Crippen LogP contribution in [-0.2, 0) is 23.5 Å². The van der Waals surface area contributed by atoms with Crippen molar-refractivity contribution in [1.29, 1.82) is 0 Å². The first-order chi connectivity index (χ1) is 14.5. The van der Waals surface area contributed by atoms with Gasteiger partial charge in [0.1, 0.15) is 5.82 Å². The van der Waals surface area contributed by atoms with Crippen molar-refractivity contribution in [3.8, 4) is 0 Å². The predicted octanol–water partition coefficient (Wildman–Crippen LogP) is 5.94. The molecule has 170 valence electrons. The Morgan fingerprint density at radius 2 is 1.45 bits per heavy atom. The van der Waals surface area contributed by atoms with E-state index in [1.807, 2.05) is 0 Å². The number of hydrogen-bond donors (Lipinski definition) is 1. The monoisotopic (exact) mass is 449 g/mol. The second kappa shape index (κ2) is 9.16. The zero-order valence-corrected chi connectivity index (χ0v) is 16.4. The summed E-state index contributed by atoms with van der Waals surface area (Å²) in [5.41, 5.74) is 3.90. The molecule has 9 heteroatoms. The van der Waals surface area contributed by atoms with Gasteiger partial charge in [-0.1, -0.05) is 12.1 Å². The van der Waals surface area contributed by atoms with Crippen LogP contribution in [0.1, 0.15) is 41.0 Å². The second-order valence-corrected chi connectivity index (χ2v) is 7.72. The fraction of sp³-hybridized carbons (Fsp3) is 0.455. The molecule has 1 aliphatic carbocycles. The highest BCUT2D eigenvalue weighted by Crippen LogP contribution is 2.41. The fourth-order valence-electron chi connectivity index (χ4n) is 4.16. The van der Waals surface area contributed by atoms with Crippen molar-refractivity contribution in [2.45, 2.75) is 43.6 Å².